The van der Waals surface area contributed by atoms with Gasteiger partial charge in [-0.3, -0.25) is 9.59 Å². The molecule has 1 aromatic heterocycles. The number of ether oxygens (including phenoxy) is 4. The predicted molar refractivity (Wildman–Crippen MR) is 127 cm³/mol. The van der Waals surface area contributed by atoms with Gasteiger partial charge < -0.3 is 39.6 Å². The number of aliphatic carboxylic acids is 1. The van der Waals surface area contributed by atoms with Gasteiger partial charge in [-0.05, 0) is 36.2 Å². The van der Waals surface area contributed by atoms with Crippen molar-refractivity contribution < 1.29 is 38.2 Å². The van der Waals surface area contributed by atoms with Crippen LogP contribution >= 0.6 is 0 Å². The van der Waals surface area contributed by atoms with Crippen LogP contribution in [0, 0.1) is 0 Å². The van der Waals surface area contributed by atoms with E-state index in [-0.39, 0.29) is 12.8 Å². The van der Waals surface area contributed by atoms with Gasteiger partial charge in [-0.1, -0.05) is 11.2 Å². The van der Waals surface area contributed by atoms with Crippen LogP contribution in [0.2, 0.25) is 0 Å². The molecule has 11 nitrogen and oxygen atoms in total. The molecule has 186 valence electrons. The predicted octanol–water partition coefficient (Wildman–Crippen LogP) is 3.17. The second-order valence-corrected chi connectivity index (χ2v) is 7.43. The summed E-state index contributed by atoms with van der Waals surface area (Å²) < 4.78 is 27.2. The van der Waals surface area contributed by atoms with Gasteiger partial charge in [0.25, 0.3) is 0 Å². The second kappa shape index (κ2) is 11.3. The summed E-state index contributed by atoms with van der Waals surface area (Å²) in [5, 5.41) is 15.5. The monoisotopic (exact) mass is 485 g/mol. The summed E-state index contributed by atoms with van der Waals surface area (Å²) >= 11 is 0. The number of carboxylic acids is 1. The van der Waals surface area contributed by atoms with Gasteiger partial charge in [0.2, 0.25) is 11.7 Å². The molecule has 1 unspecified atom stereocenters. The minimum absolute atomic E-state index is 0.000106. The first kappa shape index (κ1) is 25.4. The fourth-order valence-corrected chi connectivity index (χ4v) is 3.47. The molecule has 35 heavy (non-hydrogen) atoms. The molecule has 1 heterocycles. The Hall–Kier alpha value is -4.25. The van der Waals surface area contributed by atoms with Gasteiger partial charge in [-0.25, -0.2) is 0 Å². The van der Waals surface area contributed by atoms with Crippen LogP contribution in [0.5, 0.6) is 23.0 Å². The molecule has 0 saturated carbocycles. The van der Waals surface area contributed by atoms with E-state index in [0.717, 1.165) is 0 Å². The zero-order valence-electron chi connectivity index (χ0n) is 19.8. The normalized spacial score (nSPS) is 11.5. The zero-order valence-corrected chi connectivity index (χ0v) is 19.8. The van der Waals surface area contributed by atoms with E-state index < -0.39 is 17.9 Å². The molecule has 0 aliphatic heterocycles. The van der Waals surface area contributed by atoms with Gasteiger partial charge in [-0.2, -0.15) is 0 Å². The van der Waals surface area contributed by atoms with Crippen LogP contribution in [-0.4, -0.2) is 56.6 Å². The number of carbonyl (C=O) groups is 2. The Morgan fingerprint density at radius 1 is 1.00 bits per heavy atom. The van der Waals surface area contributed by atoms with Gasteiger partial charge in [0, 0.05) is 17.5 Å². The molecule has 4 N–H and O–H groups in total. The van der Waals surface area contributed by atoms with Crippen molar-refractivity contribution in [3.05, 3.63) is 36.5 Å². The number of benzene rings is 2. The number of rotatable bonds is 11. The Morgan fingerprint density at radius 3 is 2.23 bits per heavy atom. The quantitative estimate of drug-likeness (QED) is 0.369. The largest absolute Gasteiger partial charge is 0.495 e. The molecule has 0 bridgehead atoms. The maximum absolute atomic E-state index is 12.5. The Bertz CT molecular complexity index is 1180. The molecule has 3 rings (SSSR count). The summed E-state index contributed by atoms with van der Waals surface area (Å²) in [6.07, 6.45) is 1.33. The SMILES string of the molecule is COc1ccc(-c2cnoc2-c2cc(OC)c(OC)c(OC)c2)cc1NC(=O)C(N)CCC(=O)O. The maximum Gasteiger partial charge on any atom is 0.303 e. The average Bonchev–Trinajstić information content (AvgIpc) is 3.36. The number of nitrogens with zero attached hydrogens (tertiary/aromatic N) is 1. The highest BCUT2D eigenvalue weighted by molar-refractivity contribution is 5.97. The molecule has 0 radical (unpaired) electrons. The second-order valence-electron chi connectivity index (χ2n) is 7.43. The van der Waals surface area contributed by atoms with Gasteiger partial charge in [0.05, 0.1) is 46.4 Å². The molecule has 0 aliphatic rings. The number of carboxylic acid groups (broad SMARTS) is 1. The molecule has 11 heteroatoms. The molecule has 1 amide bonds. The third-order valence-electron chi connectivity index (χ3n) is 5.27. The van der Waals surface area contributed by atoms with Crippen molar-refractivity contribution in [3.8, 4) is 45.4 Å². The number of amides is 1. The van der Waals surface area contributed by atoms with Crippen LogP contribution in [0.15, 0.2) is 41.1 Å². The third-order valence-corrected chi connectivity index (χ3v) is 5.27. The van der Waals surface area contributed by atoms with E-state index in [1.54, 1.807) is 36.5 Å². The van der Waals surface area contributed by atoms with E-state index in [1.807, 2.05) is 0 Å². The van der Waals surface area contributed by atoms with E-state index in [9.17, 15) is 9.59 Å². The minimum Gasteiger partial charge on any atom is -0.495 e. The lowest BCUT2D eigenvalue weighted by atomic mass is 10.0. The van der Waals surface area contributed by atoms with Crippen LogP contribution in [0.3, 0.4) is 0 Å². The Kier molecular flexibility index (Phi) is 8.16. The number of aromatic nitrogens is 1. The molecule has 3 aromatic rings. The summed E-state index contributed by atoms with van der Waals surface area (Å²) in [4.78, 5) is 23.3. The summed E-state index contributed by atoms with van der Waals surface area (Å²) in [5.74, 6) is 0.609. The Labute approximate surface area is 201 Å². The van der Waals surface area contributed by atoms with Crippen molar-refractivity contribution in [2.24, 2.45) is 5.73 Å². The van der Waals surface area contributed by atoms with E-state index in [0.29, 0.717) is 51.1 Å². The van der Waals surface area contributed by atoms with E-state index >= 15 is 0 Å². The van der Waals surface area contributed by atoms with Crippen LogP contribution in [0.25, 0.3) is 22.5 Å². The number of nitrogens with two attached hydrogens (primary N) is 1. The van der Waals surface area contributed by atoms with Crippen molar-refractivity contribution in [2.75, 3.05) is 33.8 Å². The highest BCUT2D eigenvalue weighted by Crippen LogP contribution is 2.44. The number of hydrogen-bond donors (Lipinski definition) is 3. The van der Waals surface area contributed by atoms with E-state index in [1.165, 1.54) is 28.4 Å². The molecule has 0 spiro atoms. The lowest BCUT2D eigenvalue weighted by Gasteiger charge is -2.15. The van der Waals surface area contributed by atoms with Crippen molar-refractivity contribution >= 4 is 17.6 Å². The van der Waals surface area contributed by atoms with Gasteiger partial charge in [0.1, 0.15) is 5.75 Å². The van der Waals surface area contributed by atoms with Crippen LogP contribution in [-0.2, 0) is 9.59 Å². The molecule has 0 saturated heterocycles. The standard InChI is InChI=1S/C24H27N3O8/c1-31-18-7-5-13(9-17(18)27-24(30)16(25)6-8-21(28)29)15-12-26-35-22(15)14-10-19(32-2)23(34-4)20(11-14)33-3/h5,7,9-12,16H,6,8,25H2,1-4H3,(H,27,30)(H,28,29). The third kappa shape index (κ3) is 5.64. The Balaban J connectivity index is 1.98. The first-order valence-corrected chi connectivity index (χ1v) is 10.5. The van der Waals surface area contributed by atoms with E-state index in [4.69, 9.17) is 34.3 Å². The fraction of sp³-hybridized carbons (Fsp3) is 0.292. The average molecular weight is 485 g/mol. The molecule has 2 aromatic carbocycles. The summed E-state index contributed by atoms with van der Waals surface area (Å²) in [7, 11) is 6.01. The molecule has 0 fully saturated rings. The van der Waals surface area contributed by atoms with Crippen LogP contribution < -0.4 is 30.0 Å². The van der Waals surface area contributed by atoms with Crippen LogP contribution in [0.4, 0.5) is 5.69 Å². The first-order valence-electron chi connectivity index (χ1n) is 10.5. The molecule has 1 atom stereocenters. The minimum atomic E-state index is -1.03. The zero-order chi connectivity index (χ0) is 25.5. The molecule has 0 aliphatic carbocycles. The number of anilines is 1. The van der Waals surface area contributed by atoms with Gasteiger partial charge >= 0.3 is 5.97 Å². The number of methoxy groups -OCH3 is 4. The maximum atomic E-state index is 12.5. The molecular weight excluding hydrogens is 458 g/mol. The van der Waals surface area contributed by atoms with Crippen molar-refractivity contribution in [2.45, 2.75) is 18.9 Å². The topological polar surface area (TPSA) is 155 Å². The lowest BCUT2D eigenvalue weighted by Crippen LogP contribution is -2.36. The van der Waals surface area contributed by atoms with Crippen molar-refractivity contribution in [1.29, 1.82) is 0 Å². The van der Waals surface area contributed by atoms with Crippen molar-refractivity contribution in [3.63, 3.8) is 0 Å². The van der Waals surface area contributed by atoms with Gasteiger partial charge in [0.15, 0.2) is 17.3 Å². The van der Waals surface area contributed by atoms with Crippen molar-refractivity contribution in [1.82, 2.24) is 5.16 Å². The Morgan fingerprint density at radius 2 is 1.66 bits per heavy atom. The highest BCUT2D eigenvalue weighted by atomic mass is 16.5. The fourth-order valence-electron chi connectivity index (χ4n) is 3.47. The number of carbonyl (C=O) groups excluding carboxylic acids is 1. The molecular formula is C24H27N3O8. The van der Waals surface area contributed by atoms with E-state index in [2.05, 4.69) is 10.5 Å². The summed E-state index contributed by atoms with van der Waals surface area (Å²) in [5.41, 5.74) is 8.13. The summed E-state index contributed by atoms with van der Waals surface area (Å²) in [6, 6.07) is 7.63. The summed E-state index contributed by atoms with van der Waals surface area (Å²) in [6.45, 7) is 0. The first-order chi connectivity index (χ1) is 16.8. The smallest absolute Gasteiger partial charge is 0.303 e. The highest BCUT2D eigenvalue weighted by Gasteiger charge is 2.21. The lowest BCUT2D eigenvalue weighted by molar-refractivity contribution is -0.137. The number of nitrogens with one attached hydrogen (secondary N) is 1. The van der Waals surface area contributed by atoms with Crippen LogP contribution in [0.1, 0.15) is 12.8 Å². The number of hydrogen-bond acceptors (Lipinski definition) is 9. The van der Waals surface area contributed by atoms with Gasteiger partial charge in [-0.15, -0.1) is 0 Å².